The first-order valence-electron chi connectivity index (χ1n) is 11.8. The molecule has 1 N–H and O–H groups in total. The lowest BCUT2D eigenvalue weighted by molar-refractivity contribution is 0.0938. The molecule has 0 aliphatic heterocycles. The molecule has 1 unspecified atom stereocenters. The van der Waals surface area contributed by atoms with Crippen LogP contribution in [0.5, 0.6) is 11.5 Å². The Bertz CT molecular complexity index is 1140. The Labute approximate surface area is 202 Å². The largest absolute Gasteiger partial charge is 0.490 e. The number of ether oxygens (including phenoxy) is 2. The van der Waals surface area contributed by atoms with Crippen molar-refractivity contribution in [3.63, 3.8) is 0 Å². The quantitative estimate of drug-likeness (QED) is 0.378. The summed E-state index contributed by atoms with van der Waals surface area (Å²) in [6.07, 6.45) is 12.3. The molecule has 1 heterocycles. The molecule has 0 bridgehead atoms. The highest BCUT2D eigenvalue weighted by atomic mass is 16.5. The molecule has 0 aliphatic carbocycles. The van der Waals surface area contributed by atoms with Gasteiger partial charge in [0.25, 0.3) is 5.91 Å². The second-order valence-electron chi connectivity index (χ2n) is 8.06. The van der Waals surface area contributed by atoms with Gasteiger partial charge in [-0.05, 0) is 87.1 Å². The standard InChI is InChI=1S/C29H32N2O3/c1-5-23-18-25(29(32)31-21(4)10-8-11-22-12-9-17-30-20-22)13-15-26(23)24-14-16-27(33-6-2)28(19-24)34-7-3/h1,9,12-21H,6-8,10-11H2,2-4H3,(H,31,32). The van der Waals surface area contributed by atoms with E-state index in [9.17, 15) is 4.79 Å². The van der Waals surface area contributed by atoms with E-state index < -0.39 is 0 Å². The molecule has 1 aromatic heterocycles. The Morgan fingerprint density at radius 3 is 2.59 bits per heavy atom. The SMILES string of the molecule is C#Cc1cc(C(=O)NC(C)CCCc2cccnc2)ccc1-c1ccc(OCC)c(OCC)c1. The number of aryl methyl sites for hydroxylation is 1. The molecule has 5 nitrogen and oxygen atoms in total. The van der Waals surface area contributed by atoms with E-state index in [1.54, 1.807) is 12.3 Å². The van der Waals surface area contributed by atoms with Crippen molar-refractivity contribution in [3.05, 3.63) is 77.6 Å². The fourth-order valence-corrected chi connectivity index (χ4v) is 3.81. The van der Waals surface area contributed by atoms with Crippen LogP contribution in [-0.4, -0.2) is 30.1 Å². The molecule has 0 radical (unpaired) electrons. The van der Waals surface area contributed by atoms with E-state index >= 15 is 0 Å². The minimum atomic E-state index is -0.126. The van der Waals surface area contributed by atoms with Crippen LogP contribution in [0.2, 0.25) is 0 Å². The smallest absolute Gasteiger partial charge is 0.251 e. The number of nitrogens with zero attached hydrogens (tertiary/aromatic N) is 1. The maximum Gasteiger partial charge on any atom is 0.251 e. The Morgan fingerprint density at radius 1 is 1.09 bits per heavy atom. The third kappa shape index (κ3) is 6.62. The number of aromatic nitrogens is 1. The second kappa shape index (κ2) is 12.5. The Morgan fingerprint density at radius 2 is 1.88 bits per heavy atom. The van der Waals surface area contributed by atoms with Crippen LogP contribution in [0.3, 0.4) is 0 Å². The number of carbonyl (C=O) groups is 1. The van der Waals surface area contributed by atoms with E-state index in [1.807, 2.05) is 63.4 Å². The molecule has 2 aromatic carbocycles. The zero-order valence-corrected chi connectivity index (χ0v) is 20.1. The van der Waals surface area contributed by atoms with Crippen LogP contribution in [0.25, 0.3) is 11.1 Å². The van der Waals surface area contributed by atoms with Gasteiger partial charge in [0.2, 0.25) is 0 Å². The molecule has 0 spiro atoms. The minimum Gasteiger partial charge on any atom is -0.490 e. The average molecular weight is 457 g/mol. The third-order valence-corrected chi connectivity index (χ3v) is 5.49. The van der Waals surface area contributed by atoms with E-state index in [2.05, 4.69) is 22.3 Å². The Kier molecular flexibility index (Phi) is 9.11. The summed E-state index contributed by atoms with van der Waals surface area (Å²) in [5, 5.41) is 3.08. The summed E-state index contributed by atoms with van der Waals surface area (Å²) in [7, 11) is 0. The lowest BCUT2D eigenvalue weighted by atomic mass is 9.97. The van der Waals surface area contributed by atoms with Crippen LogP contribution >= 0.6 is 0 Å². The number of amides is 1. The van der Waals surface area contributed by atoms with E-state index in [4.69, 9.17) is 15.9 Å². The van der Waals surface area contributed by atoms with Crippen molar-refractivity contribution in [1.29, 1.82) is 0 Å². The summed E-state index contributed by atoms with van der Waals surface area (Å²) in [4.78, 5) is 17.0. The van der Waals surface area contributed by atoms with Crippen LogP contribution in [0.4, 0.5) is 0 Å². The summed E-state index contributed by atoms with van der Waals surface area (Å²) >= 11 is 0. The summed E-state index contributed by atoms with van der Waals surface area (Å²) in [6, 6.07) is 15.3. The normalized spacial score (nSPS) is 11.4. The highest BCUT2D eigenvalue weighted by Gasteiger charge is 2.14. The molecule has 0 fully saturated rings. The van der Waals surface area contributed by atoms with Crippen molar-refractivity contribution in [3.8, 4) is 35.0 Å². The maximum absolute atomic E-state index is 12.8. The van der Waals surface area contributed by atoms with Crippen LogP contribution in [-0.2, 0) is 6.42 Å². The van der Waals surface area contributed by atoms with Gasteiger partial charge in [0.1, 0.15) is 0 Å². The predicted molar refractivity (Wildman–Crippen MR) is 136 cm³/mol. The lowest BCUT2D eigenvalue weighted by Gasteiger charge is -2.16. The Hall–Kier alpha value is -3.78. The minimum absolute atomic E-state index is 0.0537. The van der Waals surface area contributed by atoms with Gasteiger partial charge >= 0.3 is 0 Å². The first-order chi connectivity index (χ1) is 16.5. The molecule has 0 aliphatic rings. The van der Waals surface area contributed by atoms with Crippen LogP contribution in [0.1, 0.15) is 55.1 Å². The van der Waals surface area contributed by atoms with Crippen molar-refractivity contribution in [2.75, 3.05) is 13.2 Å². The third-order valence-electron chi connectivity index (χ3n) is 5.49. The second-order valence-corrected chi connectivity index (χ2v) is 8.06. The van der Waals surface area contributed by atoms with Gasteiger partial charge in [-0.3, -0.25) is 9.78 Å². The number of nitrogens with one attached hydrogen (secondary N) is 1. The number of benzene rings is 2. The molecule has 3 aromatic rings. The van der Waals surface area contributed by atoms with Crippen molar-refractivity contribution in [1.82, 2.24) is 10.3 Å². The molecular formula is C29H32N2O3. The van der Waals surface area contributed by atoms with Gasteiger partial charge in [-0.25, -0.2) is 0 Å². The molecule has 0 saturated carbocycles. The summed E-state index contributed by atoms with van der Waals surface area (Å²) in [5.74, 6) is 3.97. The van der Waals surface area contributed by atoms with Crippen molar-refractivity contribution < 1.29 is 14.3 Å². The van der Waals surface area contributed by atoms with E-state index in [0.717, 1.165) is 30.4 Å². The molecule has 5 heteroatoms. The van der Waals surface area contributed by atoms with Crippen LogP contribution in [0, 0.1) is 12.3 Å². The van der Waals surface area contributed by atoms with Crippen LogP contribution < -0.4 is 14.8 Å². The number of carbonyl (C=O) groups excluding carboxylic acids is 1. The molecule has 3 rings (SSSR count). The first-order valence-corrected chi connectivity index (χ1v) is 11.8. The number of pyridine rings is 1. The van der Waals surface area contributed by atoms with Gasteiger partial charge in [0, 0.05) is 29.6 Å². The zero-order chi connectivity index (χ0) is 24.3. The Balaban J connectivity index is 1.69. The van der Waals surface area contributed by atoms with Gasteiger partial charge in [0.15, 0.2) is 11.5 Å². The monoisotopic (exact) mass is 456 g/mol. The van der Waals surface area contributed by atoms with Crippen molar-refractivity contribution in [2.45, 2.75) is 46.1 Å². The van der Waals surface area contributed by atoms with Gasteiger partial charge in [-0.1, -0.05) is 24.1 Å². The molecular weight excluding hydrogens is 424 g/mol. The first kappa shape index (κ1) is 24.9. The highest BCUT2D eigenvalue weighted by Crippen LogP contribution is 2.34. The number of hydrogen-bond donors (Lipinski definition) is 1. The van der Waals surface area contributed by atoms with E-state index in [1.165, 1.54) is 5.56 Å². The predicted octanol–water partition coefficient (Wildman–Crippen LogP) is 5.67. The number of terminal acetylenes is 1. The van der Waals surface area contributed by atoms with Crippen molar-refractivity contribution in [2.24, 2.45) is 0 Å². The zero-order valence-electron chi connectivity index (χ0n) is 20.1. The van der Waals surface area contributed by atoms with E-state index in [-0.39, 0.29) is 11.9 Å². The highest BCUT2D eigenvalue weighted by molar-refractivity contribution is 5.95. The average Bonchev–Trinajstić information content (AvgIpc) is 2.85. The molecule has 1 amide bonds. The molecule has 0 saturated heterocycles. The fourth-order valence-electron chi connectivity index (χ4n) is 3.81. The molecule has 1 atom stereocenters. The van der Waals surface area contributed by atoms with Gasteiger partial charge in [-0.2, -0.15) is 0 Å². The van der Waals surface area contributed by atoms with Gasteiger partial charge < -0.3 is 14.8 Å². The van der Waals surface area contributed by atoms with Crippen molar-refractivity contribution >= 4 is 5.91 Å². The van der Waals surface area contributed by atoms with Gasteiger partial charge in [0.05, 0.1) is 13.2 Å². The lowest BCUT2D eigenvalue weighted by Crippen LogP contribution is -2.32. The number of hydrogen-bond acceptors (Lipinski definition) is 4. The summed E-state index contributed by atoms with van der Waals surface area (Å²) in [5.41, 5.74) is 4.19. The molecule has 176 valence electrons. The fraction of sp³-hybridized carbons (Fsp3) is 0.310. The van der Waals surface area contributed by atoms with Gasteiger partial charge in [-0.15, -0.1) is 6.42 Å². The summed E-state index contributed by atoms with van der Waals surface area (Å²) < 4.78 is 11.4. The van der Waals surface area contributed by atoms with Crippen LogP contribution in [0.15, 0.2) is 60.9 Å². The van der Waals surface area contributed by atoms with E-state index in [0.29, 0.717) is 35.8 Å². The summed E-state index contributed by atoms with van der Waals surface area (Å²) in [6.45, 7) is 6.98. The number of rotatable bonds is 11. The maximum atomic E-state index is 12.8. The topological polar surface area (TPSA) is 60.5 Å². The molecule has 34 heavy (non-hydrogen) atoms.